The van der Waals surface area contributed by atoms with Crippen molar-refractivity contribution in [2.45, 2.75) is 61.0 Å². The van der Waals surface area contributed by atoms with Crippen molar-refractivity contribution in [3.05, 3.63) is 54.6 Å². The fourth-order valence-electron chi connectivity index (χ4n) is 2.80. The van der Waals surface area contributed by atoms with Crippen molar-refractivity contribution < 1.29 is 0 Å². The van der Waals surface area contributed by atoms with Gasteiger partial charge in [-0.3, -0.25) is 0 Å². The highest BCUT2D eigenvalue weighted by Crippen LogP contribution is 2.47. The lowest BCUT2D eigenvalue weighted by Crippen LogP contribution is -2.10. The summed E-state index contributed by atoms with van der Waals surface area (Å²) in [7, 11) is 0. The van der Waals surface area contributed by atoms with Gasteiger partial charge in [-0.25, -0.2) is 4.98 Å². The summed E-state index contributed by atoms with van der Waals surface area (Å²) in [5, 5.41) is 2.36. The fraction of sp³-hybridized carbons (Fsp3) is 0.348. The monoisotopic (exact) mass is 381 g/mol. The van der Waals surface area contributed by atoms with Crippen molar-refractivity contribution >= 4 is 34.4 Å². The lowest BCUT2D eigenvalue weighted by Gasteiger charge is -2.25. The van der Waals surface area contributed by atoms with Crippen LogP contribution < -0.4 is 0 Å². The second-order valence-corrected chi connectivity index (χ2v) is 12.1. The predicted octanol–water partition coefficient (Wildman–Crippen LogP) is 7.68. The predicted molar refractivity (Wildman–Crippen MR) is 118 cm³/mol. The third-order valence-corrected chi connectivity index (χ3v) is 6.03. The number of aromatic nitrogens is 1. The van der Waals surface area contributed by atoms with E-state index in [4.69, 9.17) is 4.98 Å². The molecule has 0 bridgehead atoms. The number of para-hydroxylation sites is 1. The van der Waals surface area contributed by atoms with Crippen LogP contribution in [0.1, 0.15) is 41.5 Å². The van der Waals surface area contributed by atoms with Gasteiger partial charge in [-0.2, -0.15) is 0 Å². The van der Waals surface area contributed by atoms with Crippen molar-refractivity contribution in [3.8, 4) is 11.1 Å². The average molecular weight is 382 g/mol. The van der Waals surface area contributed by atoms with E-state index in [1.54, 1.807) is 0 Å². The van der Waals surface area contributed by atoms with Crippen molar-refractivity contribution in [1.29, 1.82) is 0 Å². The summed E-state index contributed by atoms with van der Waals surface area (Å²) in [5.41, 5.74) is 3.58. The number of nitrogens with zero attached hydrogens (tertiary/aromatic N) is 1. The maximum atomic E-state index is 5.08. The lowest BCUT2D eigenvalue weighted by molar-refractivity contribution is 0.798. The first-order valence-electron chi connectivity index (χ1n) is 9.00. The molecule has 0 amide bonds. The first-order chi connectivity index (χ1) is 12.1. The van der Waals surface area contributed by atoms with Crippen molar-refractivity contribution in [3.63, 3.8) is 0 Å². The van der Waals surface area contributed by atoms with Gasteiger partial charge in [0, 0.05) is 25.3 Å². The number of pyridine rings is 1. The quantitative estimate of drug-likeness (QED) is 0.432. The molecule has 0 atom stereocenters. The molecule has 1 nitrogen and oxygen atoms in total. The fourth-order valence-corrected chi connectivity index (χ4v) is 5.12. The minimum Gasteiger partial charge on any atom is -0.241 e. The first kappa shape index (κ1) is 19.3. The van der Waals surface area contributed by atoms with E-state index in [0.29, 0.717) is 0 Å². The Morgan fingerprint density at radius 3 is 1.88 bits per heavy atom. The Morgan fingerprint density at radius 1 is 0.692 bits per heavy atom. The highest BCUT2D eigenvalue weighted by molar-refractivity contribution is 8.01. The molecular formula is C23H27NS2. The summed E-state index contributed by atoms with van der Waals surface area (Å²) in [6.07, 6.45) is 0. The molecule has 0 radical (unpaired) electrons. The second kappa shape index (κ2) is 7.28. The van der Waals surface area contributed by atoms with Crippen LogP contribution >= 0.6 is 23.5 Å². The van der Waals surface area contributed by atoms with Gasteiger partial charge < -0.3 is 0 Å². The lowest BCUT2D eigenvalue weighted by atomic mass is 10.1. The van der Waals surface area contributed by atoms with Crippen LogP contribution in [0.5, 0.6) is 0 Å². The molecule has 2 aromatic carbocycles. The molecule has 3 heteroatoms. The van der Waals surface area contributed by atoms with Gasteiger partial charge in [0.1, 0.15) is 5.03 Å². The molecule has 0 N–H and O–H groups in total. The summed E-state index contributed by atoms with van der Waals surface area (Å²) in [6.45, 7) is 13.6. The molecule has 0 saturated heterocycles. The third kappa shape index (κ3) is 4.63. The van der Waals surface area contributed by atoms with E-state index in [1.807, 2.05) is 23.5 Å². The van der Waals surface area contributed by atoms with E-state index in [1.165, 1.54) is 21.4 Å². The van der Waals surface area contributed by atoms with E-state index in [0.717, 1.165) is 10.5 Å². The van der Waals surface area contributed by atoms with Gasteiger partial charge in [-0.15, -0.1) is 11.8 Å². The molecule has 3 rings (SSSR count). The van der Waals surface area contributed by atoms with Crippen LogP contribution in [0, 0.1) is 0 Å². The van der Waals surface area contributed by atoms with Gasteiger partial charge in [0.25, 0.3) is 0 Å². The number of fused-ring (bicyclic) bond motifs is 1. The molecule has 136 valence electrons. The Bertz CT molecular complexity index is 903. The standard InChI is InChI=1S/C23H27NS2/c1-22(2,3)25-20-17-14-10-11-15-18(17)24-21(26-23(4,5)6)19(20)16-12-8-7-9-13-16/h7-15H,1-6H3. The van der Waals surface area contributed by atoms with Gasteiger partial charge in [-0.1, -0.05) is 102 Å². The molecule has 0 saturated carbocycles. The summed E-state index contributed by atoms with van der Waals surface area (Å²) in [6, 6.07) is 19.2. The Morgan fingerprint density at radius 2 is 1.27 bits per heavy atom. The van der Waals surface area contributed by atoms with Gasteiger partial charge in [0.2, 0.25) is 0 Å². The molecule has 1 aromatic heterocycles. The molecule has 0 aliphatic carbocycles. The van der Waals surface area contributed by atoms with Gasteiger partial charge in [0.15, 0.2) is 0 Å². The summed E-state index contributed by atoms with van der Waals surface area (Å²) >= 11 is 3.79. The summed E-state index contributed by atoms with van der Waals surface area (Å²) < 4.78 is 0.222. The summed E-state index contributed by atoms with van der Waals surface area (Å²) in [5.74, 6) is 0. The van der Waals surface area contributed by atoms with Crippen LogP contribution in [-0.4, -0.2) is 14.5 Å². The van der Waals surface area contributed by atoms with Crippen LogP contribution in [0.3, 0.4) is 0 Å². The van der Waals surface area contributed by atoms with Gasteiger partial charge in [0.05, 0.1) is 5.52 Å². The number of hydrogen-bond donors (Lipinski definition) is 0. The van der Waals surface area contributed by atoms with Crippen molar-refractivity contribution in [1.82, 2.24) is 4.98 Å². The molecule has 1 heterocycles. The average Bonchev–Trinajstić information content (AvgIpc) is 2.53. The maximum absolute atomic E-state index is 5.08. The smallest absolute Gasteiger partial charge is 0.106 e. The molecule has 0 unspecified atom stereocenters. The number of thioether (sulfide) groups is 2. The van der Waals surface area contributed by atoms with E-state index in [9.17, 15) is 0 Å². The topological polar surface area (TPSA) is 12.9 Å². The first-order valence-corrected chi connectivity index (χ1v) is 10.6. The molecule has 0 aliphatic heterocycles. The Kier molecular flexibility index (Phi) is 5.41. The Labute approximate surface area is 166 Å². The van der Waals surface area contributed by atoms with Crippen LogP contribution in [0.4, 0.5) is 0 Å². The number of rotatable bonds is 3. The maximum Gasteiger partial charge on any atom is 0.106 e. The summed E-state index contributed by atoms with van der Waals surface area (Å²) in [4.78, 5) is 6.41. The normalized spacial score (nSPS) is 12.5. The zero-order valence-electron chi connectivity index (χ0n) is 16.5. The highest BCUT2D eigenvalue weighted by Gasteiger charge is 2.24. The minimum absolute atomic E-state index is 0.0999. The molecule has 3 aromatic rings. The largest absolute Gasteiger partial charge is 0.241 e. The van der Waals surface area contributed by atoms with Crippen molar-refractivity contribution in [2.75, 3.05) is 0 Å². The zero-order valence-corrected chi connectivity index (χ0v) is 18.1. The van der Waals surface area contributed by atoms with E-state index >= 15 is 0 Å². The molecule has 0 aliphatic rings. The zero-order chi connectivity index (χ0) is 18.9. The van der Waals surface area contributed by atoms with Crippen LogP contribution in [0.2, 0.25) is 0 Å². The third-order valence-electron chi connectivity index (χ3n) is 3.69. The molecule has 0 fully saturated rings. The van der Waals surface area contributed by atoms with Crippen LogP contribution in [-0.2, 0) is 0 Å². The van der Waals surface area contributed by atoms with E-state index in [-0.39, 0.29) is 9.49 Å². The number of hydrogen-bond acceptors (Lipinski definition) is 3. The molecule has 0 spiro atoms. The highest BCUT2D eigenvalue weighted by atomic mass is 32.2. The van der Waals surface area contributed by atoms with E-state index in [2.05, 4.69) is 96.1 Å². The van der Waals surface area contributed by atoms with E-state index < -0.39 is 0 Å². The SMILES string of the molecule is CC(C)(C)Sc1nc2ccccc2c(SC(C)(C)C)c1-c1ccccc1. The van der Waals surface area contributed by atoms with Crippen molar-refractivity contribution in [2.24, 2.45) is 0 Å². The molecular weight excluding hydrogens is 354 g/mol. The van der Waals surface area contributed by atoms with Gasteiger partial charge in [-0.05, 0) is 11.6 Å². The Balaban J connectivity index is 2.37. The molecule has 26 heavy (non-hydrogen) atoms. The second-order valence-electron chi connectivity index (χ2n) is 8.43. The Hall–Kier alpha value is -1.45. The van der Waals surface area contributed by atoms with Crippen LogP contribution in [0.15, 0.2) is 64.5 Å². The number of benzene rings is 2. The minimum atomic E-state index is 0.0999. The van der Waals surface area contributed by atoms with Gasteiger partial charge >= 0.3 is 0 Å². The van der Waals surface area contributed by atoms with Crippen LogP contribution in [0.25, 0.3) is 22.0 Å².